The Balaban J connectivity index is 1.67. The number of pyridine rings is 1. The van der Waals surface area contributed by atoms with Crippen molar-refractivity contribution in [2.24, 2.45) is 0 Å². The summed E-state index contributed by atoms with van der Waals surface area (Å²) in [5.74, 6) is -0.147. The highest BCUT2D eigenvalue weighted by Crippen LogP contribution is 2.30. The number of nitrogens with zero attached hydrogens (tertiary/aromatic N) is 2. The van der Waals surface area contributed by atoms with Crippen molar-refractivity contribution in [3.63, 3.8) is 0 Å². The third-order valence-corrected chi connectivity index (χ3v) is 4.00. The molecule has 0 unspecified atom stereocenters. The van der Waals surface area contributed by atoms with E-state index in [4.69, 9.17) is 0 Å². The van der Waals surface area contributed by atoms with Crippen molar-refractivity contribution in [3.05, 3.63) is 71.6 Å². The number of rotatable bonds is 5. The minimum absolute atomic E-state index is 0.147. The summed E-state index contributed by atoms with van der Waals surface area (Å²) in [5, 5.41) is 0. The molecule has 1 heterocycles. The Morgan fingerprint density at radius 3 is 2.48 bits per heavy atom. The van der Waals surface area contributed by atoms with E-state index in [1.54, 1.807) is 23.4 Å². The molecule has 0 atom stereocenters. The van der Waals surface area contributed by atoms with Crippen LogP contribution < -0.4 is 0 Å². The first-order chi connectivity index (χ1) is 11.9. The summed E-state index contributed by atoms with van der Waals surface area (Å²) in [7, 11) is 0. The van der Waals surface area contributed by atoms with Gasteiger partial charge in [0, 0.05) is 31.1 Å². The van der Waals surface area contributed by atoms with E-state index in [1.165, 1.54) is 18.2 Å². The maximum atomic E-state index is 12.6. The Kier molecular flexibility index (Phi) is 4.88. The normalized spacial score (nSPS) is 14.7. The van der Waals surface area contributed by atoms with Crippen LogP contribution in [0.3, 0.4) is 0 Å². The van der Waals surface area contributed by atoms with E-state index in [0.717, 1.165) is 30.5 Å². The van der Waals surface area contributed by atoms with Gasteiger partial charge in [-0.3, -0.25) is 9.78 Å². The second kappa shape index (κ2) is 7.09. The van der Waals surface area contributed by atoms with Gasteiger partial charge in [-0.05, 0) is 48.2 Å². The molecule has 6 heteroatoms. The fraction of sp³-hybridized carbons (Fsp3) is 0.263. The van der Waals surface area contributed by atoms with Crippen LogP contribution in [0.25, 0.3) is 6.08 Å². The zero-order chi connectivity index (χ0) is 17.9. The zero-order valence-electron chi connectivity index (χ0n) is 13.4. The molecule has 1 saturated carbocycles. The van der Waals surface area contributed by atoms with Crippen LogP contribution in [0, 0.1) is 0 Å². The minimum Gasteiger partial charge on any atom is -0.332 e. The summed E-state index contributed by atoms with van der Waals surface area (Å²) >= 11 is 0. The summed E-state index contributed by atoms with van der Waals surface area (Å²) in [4.78, 5) is 18.3. The Hall–Kier alpha value is -2.63. The summed E-state index contributed by atoms with van der Waals surface area (Å²) in [6.07, 6.45) is 3.95. The van der Waals surface area contributed by atoms with E-state index in [2.05, 4.69) is 4.98 Å². The number of carbonyl (C=O) groups excluding carboxylic acids is 1. The van der Waals surface area contributed by atoms with Gasteiger partial charge in [-0.2, -0.15) is 13.2 Å². The van der Waals surface area contributed by atoms with Crippen LogP contribution in [-0.2, 0) is 17.5 Å². The first-order valence-corrected chi connectivity index (χ1v) is 7.98. The van der Waals surface area contributed by atoms with Gasteiger partial charge in [0.05, 0.1) is 5.56 Å². The van der Waals surface area contributed by atoms with Crippen molar-refractivity contribution in [2.75, 3.05) is 0 Å². The van der Waals surface area contributed by atoms with Gasteiger partial charge in [0.1, 0.15) is 0 Å². The SMILES string of the molecule is O=C(/C=C/c1ccc(C(F)(F)F)cc1)N(Cc1cccnc1)C1CC1. The minimum atomic E-state index is -4.36. The molecule has 0 saturated heterocycles. The van der Waals surface area contributed by atoms with E-state index in [0.29, 0.717) is 12.1 Å². The first kappa shape index (κ1) is 17.2. The van der Waals surface area contributed by atoms with Crippen LogP contribution in [0.15, 0.2) is 54.9 Å². The largest absolute Gasteiger partial charge is 0.416 e. The molecule has 130 valence electrons. The highest BCUT2D eigenvalue weighted by atomic mass is 19.4. The monoisotopic (exact) mass is 346 g/mol. The van der Waals surface area contributed by atoms with Crippen molar-refractivity contribution < 1.29 is 18.0 Å². The quantitative estimate of drug-likeness (QED) is 0.756. The van der Waals surface area contributed by atoms with Gasteiger partial charge in [0.15, 0.2) is 0 Å². The molecular formula is C19H17F3N2O. The van der Waals surface area contributed by atoms with Gasteiger partial charge in [0.2, 0.25) is 5.91 Å². The number of halogens is 3. The number of amides is 1. The molecular weight excluding hydrogens is 329 g/mol. The van der Waals surface area contributed by atoms with Gasteiger partial charge in [-0.25, -0.2) is 0 Å². The standard InChI is InChI=1S/C19H17F3N2O/c20-19(21,22)16-6-3-14(4-7-16)5-10-18(25)24(17-8-9-17)13-15-2-1-11-23-12-15/h1-7,10-12,17H,8-9,13H2/b10-5+. The van der Waals surface area contributed by atoms with Crippen molar-refractivity contribution in [2.45, 2.75) is 31.6 Å². The van der Waals surface area contributed by atoms with Crippen LogP contribution in [-0.4, -0.2) is 21.8 Å². The maximum Gasteiger partial charge on any atom is 0.416 e. The van der Waals surface area contributed by atoms with E-state index < -0.39 is 11.7 Å². The van der Waals surface area contributed by atoms with Crippen LogP contribution in [0.4, 0.5) is 13.2 Å². The molecule has 1 amide bonds. The molecule has 2 aromatic rings. The summed E-state index contributed by atoms with van der Waals surface area (Å²) in [5.41, 5.74) is 0.802. The second-order valence-electron chi connectivity index (χ2n) is 6.01. The van der Waals surface area contributed by atoms with Crippen molar-refractivity contribution >= 4 is 12.0 Å². The average molecular weight is 346 g/mol. The van der Waals surface area contributed by atoms with Crippen molar-refractivity contribution in [1.29, 1.82) is 0 Å². The van der Waals surface area contributed by atoms with E-state index in [9.17, 15) is 18.0 Å². The Morgan fingerprint density at radius 1 is 1.20 bits per heavy atom. The fourth-order valence-electron chi connectivity index (χ4n) is 2.51. The number of alkyl halides is 3. The highest BCUT2D eigenvalue weighted by molar-refractivity contribution is 5.92. The molecule has 1 aliphatic carbocycles. The lowest BCUT2D eigenvalue weighted by Gasteiger charge is -2.20. The molecule has 3 rings (SSSR count). The lowest BCUT2D eigenvalue weighted by molar-refractivity contribution is -0.137. The van der Waals surface area contributed by atoms with Gasteiger partial charge >= 0.3 is 6.18 Å². The van der Waals surface area contributed by atoms with Gasteiger partial charge in [-0.1, -0.05) is 18.2 Å². The van der Waals surface area contributed by atoms with Crippen molar-refractivity contribution in [1.82, 2.24) is 9.88 Å². The Morgan fingerprint density at radius 2 is 1.92 bits per heavy atom. The molecule has 0 bridgehead atoms. The smallest absolute Gasteiger partial charge is 0.332 e. The molecule has 1 fully saturated rings. The molecule has 1 aliphatic rings. The number of carbonyl (C=O) groups is 1. The van der Waals surface area contributed by atoms with Crippen LogP contribution >= 0.6 is 0 Å². The molecule has 0 spiro atoms. The van der Waals surface area contributed by atoms with Gasteiger partial charge in [0.25, 0.3) is 0 Å². The number of hydrogen-bond donors (Lipinski definition) is 0. The number of hydrogen-bond acceptors (Lipinski definition) is 2. The maximum absolute atomic E-state index is 12.6. The molecule has 1 aromatic carbocycles. The van der Waals surface area contributed by atoms with E-state index in [-0.39, 0.29) is 11.9 Å². The number of aromatic nitrogens is 1. The first-order valence-electron chi connectivity index (χ1n) is 7.98. The predicted molar refractivity (Wildman–Crippen MR) is 88.3 cm³/mol. The van der Waals surface area contributed by atoms with Crippen LogP contribution in [0.2, 0.25) is 0 Å². The lowest BCUT2D eigenvalue weighted by Crippen LogP contribution is -2.31. The zero-order valence-corrected chi connectivity index (χ0v) is 13.4. The molecule has 0 aliphatic heterocycles. The second-order valence-corrected chi connectivity index (χ2v) is 6.01. The average Bonchev–Trinajstić information content (AvgIpc) is 3.43. The topological polar surface area (TPSA) is 33.2 Å². The molecule has 0 N–H and O–H groups in total. The van der Waals surface area contributed by atoms with E-state index in [1.807, 2.05) is 12.1 Å². The molecule has 25 heavy (non-hydrogen) atoms. The van der Waals surface area contributed by atoms with Crippen molar-refractivity contribution in [3.8, 4) is 0 Å². The molecule has 0 radical (unpaired) electrons. The third kappa shape index (κ3) is 4.68. The summed E-state index contributed by atoms with van der Waals surface area (Å²) in [6.45, 7) is 0.481. The van der Waals surface area contributed by atoms with Crippen LogP contribution in [0.1, 0.15) is 29.5 Å². The Bertz CT molecular complexity index is 750. The molecule has 1 aromatic heterocycles. The fourth-order valence-corrected chi connectivity index (χ4v) is 2.51. The summed E-state index contributed by atoms with van der Waals surface area (Å²) in [6, 6.07) is 8.70. The predicted octanol–water partition coefficient (Wildman–Crippen LogP) is 4.30. The lowest BCUT2D eigenvalue weighted by atomic mass is 10.1. The Labute approximate surface area is 143 Å². The van der Waals surface area contributed by atoms with E-state index >= 15 is 0 Å². The van der Waals surface area contributed by atoms with Crippen LogP contribution in [0.5, 0.6) is 0 Å². The van der Waals surface area contributed by atoms with Gasteiger partial charge in [-0.15, -0.1) is 0 Å². The summed E-state index contributed by atoms with van der Waals surface area (Å²) < 4.78 is 37.7. The van der Waals surface area contributed by atoms with Gasteiger partial charge < -0.3 is 4.90 Å². The third-order valence-electron chi connectivity index (χ3n) is 4.00. The molecule has 3 nitrogen and oxygen atoms in total. The number of benzene rings is 1. The highest BCUT2D eigenvalue weighted by Gasteiger charge is 2.32.